The van der Waals surface area contributed by atoms with Gasteiger partial charge in [0.25, 0.3) is 5.69 Å². The predicted molar refractivity (Wildman–Crippen MR) is 105 cm³/mol. The summed E-state index contributed by atoms with van der Waals surface area (Å²) in [5, 5.41) is 21.5. The van der Waals surface area contributed by atoms with Crippen LogP contribution < -0.4 is 9.62 Å². The van der Waals surface area contributed by atoms with Crippen LogP contribution in [0, 0.1) is 10.1 Å². The molecule has 27 heavy (non-hydrogen) atoms. The number of nitrogens with zero attached hydrogens (tertiary/aromatic N) is 4. The lowest BCUT2D eigenvalue weighted by molar-refractivity contribution is -0.384. The lowest BCUT2D eigenvalue weighted by Crippen LogP contribution is -2.45. The van der Waals surface area contributed by atoms with Crippen LogP contribution in [0.1, 0.15) is 13.8 Å². The van der Waals surface area contributed by atoms with Crippen molar-refractivity contribution in [2.24, 2.45) is 0 Å². The van der Waals surface area contributed by atoms with Gasteiger partial charge in [-0.15, -0.1) is 10.2 Å². The van der Waals surface area contributed by atoms with Crippen molar-refractivity contribution >= 4 is 55.5 Å². The molecule has 2 aromatic rings. The minimum absolute atomic E-state index is 0.0221. The van der Waals surface area contributed by atoms with Crippen LogP contribution in [-0.2, 0) is 14.8 Å². The second kappa shape index (κ2) is 8.63. The average Bonchev–Trinajstić information content (AvgIpc) is 3.01. The molecule has 0 aliphatic carbocycles. The number of non-ortho nitro benzene ring substituents is 1. The smallest absolute Gasteiger partial charge is 0.271 e. The summed E-state index contributed by atoms with van der Waals surface area (Å²) in [5.41, 5.74) is -0.257. The van der Waals surface area contributed by atoms with Crippen LogP contribution >= 0.6 is 23.1 Å². The Morgan fingerprint density at radius 1 is 1.44 bits per heavy atom. The molecule has 1 amide bonds. The van der Waals surface area contributed by atoms with Gasteiger partial charge in [-0.25, -0.2) is 8.42 Å². The summed E-state index contributed by atoms with van der Waals surface area (Å²) in [6.45, 7) is 3.34. The van der Waals surface area contributed by atoms with Crippen molar-refractivity contribution in [3.63, 3.8) is 0 Å². The van der Waals surface area contributed by atoms with Gasteiger partial charge in [0.05, 0.1) is 16.9 Å². The van der Waals surface area contributed by atoms with Gasteiger partial charge in [-0.05, 0) is 18.7 Å². The number of aromatic nitrogens is 2. The molecule has 0 saturated heterocycles. The maximum atomic E-state index is 12.5. The zero-order valence-corrected chi connectivity index (χ0v) is 17.1. The third-order valence-electron chi connectivity index (χ3n) is 3.29. The molecule has 0 unspecified atom stereocenters. The number of benzene rings is 1. The molecule has 1 atom stereocenters. The molecule has 1 heterocycles. The minimum Gasteiger partial charge on any atom is -0.299 e. The summed E-state index contributed by atoms with van der Waals surface area (Å²) >= 11 is 2.64. The van der Waals surface area contributed by atoms with Crippen LogP contribution in [0.3, 0.4) is 0 Å². The number of amides is 1. The minimum atomic E-state index is -3.89. The SMILES string of the molecule is CCSc1nnc(NC(=O)[C@H](C)N(c2cccc([N+](=O)[O-])c2)S(C)(=O)=O)s1. The number of hydrogen-bond donors (Lipinski definition) is 1. The summed E-state index contributed by atoms with van der Waals surface area (Å²) in [6.07, 6.45) is 0.927. The Bertz CT molecular complexity index is 946. The molecule has 2 rings (SSSR count). The molecule has 1 aromatic carbocycles. The van der Waals surface area contributed by atoms with E-state index in [-0.39, 0.29) is 16.5 Å². The number of anilines is 2. The zero-order chi connectivity index (χ0) is 20.2. The monoisotopic (exact) mass is 431 g/mol. The highest BCUT2D eigenvalue weighted by molar-refractivity contribution is 8.01. The van der Waals surface area contributed by atoms with E-state index in [2.05, 4.69) is 15.5 Å². The number of nitrogens with one attached hydrogen (secondary N) is 1. The van der Waals surface area contributed by atoms with Gasteiger partial charge in [-0.1, -0.05) is 36.1 Å². The number of rotatable bonds is 8. The molecule has 13 heteroatoms. The Morgan fingerprint density at radius 3 is 2.74 bits per heavy atom. The fourth-order valence-electron chi connectivity index (χ4n) is 2.20. The van der Waals surface area contributed by atoms with Crippen molar-refractivity contribution < 1.29 is 18.1 Å². The summed E-state index contributed by atoms with van der Waals surface area (Å²) in [4.78, 5) is 22.9. The number of hydrogen-bond acceptors (Lipinski definition) is 9. The first kappa shape index (κ1) is 21.1. The third kappa shape index (κ3) is 5.37. The van der Waals surface area contributed by atoms with Crippen molar-refractivity contribution in [1.29, 1.82) is 0 Å². The topological polar surface area (TPSA) is 135 Å². The van der Waals surface area contributed by atoms with Crippen LogP contribution in [0.4, 0.5) is 16.5 Å². The number of nitro groups is 1. The molecule has 0 bridgehead atoms. The summed E-state index contributed by atoms with van der Waals surface area (Å²) < 4.78 is 26.0. The molecule has 1 aromatic heterocycles. The van der Waals surface area contributed by atoms with Crippen LogP contribution in [-0.4, -0.2) is 47.5 Å². The van der Waals surface area contributed by atoms with E-state index >= 15 is 0 Å². The second-order valence-electron chi connectivity index (χ2n) is 5.31. The van der Waals surface area contributed by atoms with Crippen LogP contribution in [0.25, 0.3) is 0 Å². The molecule has 146 valence electrons. The van der Waals surface area contributed by atoms with Crippen molar-refractivity contribution in [3.05, 3.63) is 34.4 Å². The van der Waals surface area contributed by atoms with Gasteiger partial charge in [0.2, 0.25) is 21.1 Å². The molecule has 10 nitrogen and oxygen atoms in total. The van der Waals surface area contributed by atoms with Crippen molar-refractivity contribution in [2.75, 3.05) is 21.6 Å². The largest absolute Gasteiger partial charge is 0.299 e. The molecule has 0 aliphatic rings. The lowest BCUT2D eigenvalue weighted by Gasteiger charge is -2.27. The van der Waals surface area contributed by atoms with Crippen LogP contribution in [0.2, 0.25) is 0 Å². The molecule has 0 saturated carbocycles. The Hall–Kier alpha value is -2.25. The van der Waals surface area contributed by atoms with E-state index in [9.17, 15) is 23.3 Å². The zero-order valence-electron chi connectivity index (χ0n) is 14.6. The third-order valence-corrected chi connectivity index (χ3v) is 6.38. The van der Waals surface area contributed by atoms with Crippen LogP contribution in [0.5, 0.6) is 0 Å². The van der Waals surface area contributed by atoms with E-state index < -0.39 is 26.9 Å². The molecular weight excluding hydrogens is 414 g/mol. The van der Waals surface area contributed by atoms with Gasteiger partial charge in [0.1, 0.15) is 6.04 Å². The van der Waals surface area contributed by atoms with Gasteiger partial charge in [-0.3, -0.25) is 24.5 Å². The van der Waals surface area contributed by atoms with E-state index in [1.54, 1.807) is 0 Å². The first-order valence-electron chi connectivity index (χ1n) is 7.64. The highest BCUT2D eigenvalue weighted by Crippen LogP contribution is 2.27. The number of carbonyl (C=O) groups excluding carboxylic acids is 1. The summed E-state index contributed by atoms with van der Waals surface area (Å²) in [7, 11) is -3.89. The van der Waals surface area contributed by atoms with E-state index in [0.717, 1.165) is 22.4 Å². The average molecular weight is 432 g/mol. The van der Waals surface area contributed by atoms with E-state index in [0.29, 0.717) is 4.34 Å². The number of carbonyl (C=O) groups is 1. The normalized spacial score (nSPS) is 12.4. The van der Waals surface area contributed by atoms with Crippen molar-refractivity contribution in [1.82, 2.24) is 10.2 Å². The fourth-order valence-corrected chi connectivity index (χ4v) is 5.02. The Labute approximate surface area is 164 Å². The number of sulfonamides is 1. The van der Waals surface area contributed by atoms with Gasteiger partial charge in [0, 0.05) is 12.1 Å². The highest BCUT2D eigenvalue weighted by atomic mass is 32.2. The molecular formula is C14H17N5O5S3. The molecule has 0 fully saturated rings. The van der Waals surface area contributed by atoms with Crippen LogP contribution in [0.15, 0.2) is 28.6 Å². The van der Waals surface area contributed by atoms with Gasteiger partial charge in [0.15, 0.2) is 4.34 Å². The lowest BCUT2D eigenvalue weighted by atomic mass is 10.2. The van der Waals surface area contributed by atoms with Gasteiger partial charge < -0.3 is 0 Å². The quantitative estimate of drug-likeness (QED) is 0.291. The van der Waals surface area contributed by atoms with Crippen molar-refractivity contribution in [2.45, 2.75) is 24.2 Å². The molecule has 0 spiro atoms. The van der Waals surface area contributed by atoms with Gasteiger partial charge in [-0.2, -0.15) is 0 Å². The Balaban J connectivity index is 2.29. The number of nitro benzene ring substituents is 1. The fraction of sp³-hybridized carbons (Fsp3) is 0.357. The van der Waals surface area contributed by atoms with E-state index in [4.69, 9.17) is 0 Å². The Kier molecular flexibility index (Phi) is 6.73. The molecule has 0 radical (unpaired) electrons. The standard InChI is InChI=1S/C14H17N5O5S3/c1-4-25-14-17-16-13(26-14)15-12(20)9(2)18(27(3,23)24)10-6-5-7-11(8-10)19(21)22/h5-9H,4H2,1-3H3,(H,15,16,20)/t9-/m0/s1. The maximum Gasteiger partial charge on any atom is 0.271 e. The van der Waals surface area contributed by atoms with Crippen molar-refractivity contribution in [3.8, 4) is 0 Å². The van der Waals surface area contributed by atoms with E-state index in [1.165, 1.54) is 48.2 Å². The van der Waals surface area contributed by atoms with Gasteiger partial charge >= 0.3 is 0 Å². The first-order valence-corrected chi connectivity index (χ1v) is 11.3. The molecule has 1 N–H and O–H groups in total. The first-order chi connectivity index (χ1) is 12.6. The predicted octanol–water partition coefficient (Wildman–Crippen LogP) is 2.35. The molecule has 0 aliphatic heterocycles. The second-order valence-corrected chi connectivity index (χ2v) is 9.66. The highest BCUT2D eigenvalue weighted by Gasteiger charge is 2.30. The maximum absolute atomic E-state index is 12.5. The van der Waals surface area contributed by atoms with E-state index in [1.807, 2.05) is 6.92 Å². The Morgan fingerprint density at radius 2 is 2.15 bits per heavy atom. The summed E-state index contributed by atoms with van der Waals surface area (Å²) in [5.74, 6) is 0.171. The summed E-state index contributed by atoms with van der Waals surface area (Å²) in [6, 6.07) is 3.93. The number of thioether (sulfide) groups is 1.